The van der Waals surface area contributed by atoms with Crippen LogP contribution in [0.3, 0.4) is 0 Å². The Labute approximate surface area is 131 Å². The first-order valence-electron chi connectivity index (χ1n) is 8.03. The summed E-state index contributed by atoms with van der Waals surface area (Å²) in [5.74, 6) is 1.69. The standard InChI is InChI=1S/C17H24ClNO2/c1-2-12-15(17(11-19)6-3-4-7-17)13(18)10-14-16(12)21-9-5-8-20-14/h10H,2-9,11,19H2,1H3. The van der Waals surface area contributed by atoms with E-state index >= 15 is 0 Å². The minimum atomic E-state index is 0.0210. The van der Waals surface area contributed by atoms with Crippen molar-refractivity contribution >= 4 is 11.6 Å². The topological polar surface area (TPSA) is 44.5 Å². The molecular weight excluding hydrogens is 286 g/mol. The van der Waals surface area contributed by atoms with Crippen molar-refractivity contribution in [2.45, 2.75) is 50.9 Å². The van der Waals surface area contributed by atoms with Gasteiger partial charge in [-0.05, 0) is 24.8 Å². The van der Waals surface area contributed by atoms with Crippen LogP contribution in [-0.2, 0) is 11.8 Å². The number of hydrogen-bond acceptors (Lipinski definition) is 3. The first kappa shape index (κ1) is 15.0. The van der Waals surface area contributed by atoms with Crippen LogP contribution in [0.5, 0.6) is 11.5 Å². The maximum absolute atomic E-state index is 6.66. The second-order valence-electron chi connectivity index (χ2n) is 6.13. The molecule has 1 fully saturated rings. The summed E-state index contributed by atoms with van der Waals surface area (Å²) in [6, 6.07) is 1.94. The molecule has 4 heteroatoms. The highest BCUT2D eigenvalue weighted by Crippen LogP contribution is 2.50. The van der Waals surface area contributed by atoms with Crippen molar-refractivity contribution in [3.63, 3.8) is 0 Å². The van der Waals surface area contributed by atoms with Crippen LogP contribution in [0.2, 0.25) is 5.02 Å². The molecule has 1 heterocycles. The van der Waals surface area contributed by atoms with E-state index in [1.165, 1.54) is 24.0 Å². The Bertz CT molecular complexity index is 524. The molecule has 0 unspecified atom stereocenters. The molecule has 1 aliphatic heterocycles. The summed E-state index contributed by atoms with van der Waals surface area (Å²) in [6.45, 7) is 4.20. The van der Waals surface area contributed by atoms with Crippen LogP contribution >= 0.6 is 11.6 Å². The van der Waals surface area contributed by atoms with E-state index in [9.17, 15) is 0 Å². The van der Waals surface area contributed by atoms with Gasteiger partial charge in [-0.3, -0.25) is 0 Å². The third kappa shape index (κ3) is 2.51. The molecule has 116 valence electrons. The Morgan fingerprint density at radius 3 is 2.57 bits per heavy atom. The second-order valence-corrected chi connectivity index (χ2v) is 6.54. The highest BCUT2D eigenvalue weighted by atomic mass is 35.5. The second kappa shape index (κ2) is 6.05. The predicted molar refractivity (Wildman–Crippen MR) is 85.6 cm³/mol. The van der Waals surface area contributed by atoms with Gasteiger partial charge in [-0.1, -0.05) is 31.4 Å². The quantitative estimate of drug-likeness (QED) is 0.922. The van der Waals surface area contributed by atoms with E-state index < -0.39 is 0 Å². The van der Waals surface area contributed by atoms with Gasteiger partial charge in [0, 0.05) is 35.0 Å². The molecule has 3 nitrogen and oxygen atoms in total. The maximum Gasteiger partial charge on any atom is 0.164 e. The summed E-state index contributed by atoms with van der Waals surface area (Å²) in [7, 11) is 0. The lowest BCUT2D eigenvalue weighted by molar-refractivity contribution is 0.296. The lowest BCUT2D eigenvalue weighted by Crippen LogP contribution is -2.33. The maximum atomic E-state index is 6.66. The average molecular weight is 310 g/mol. The van der Waals surface area contributed by atoms with Crippen molar-refractivity contribution in [2.75, 3.05) is 19.8 Å². The van der Waals surface area contributed by atoms with E-state index in [1.807, 2.05) is 6.07 Å². The van der Waals surface area contributed by atoms with Crippen LogP contribution in [0, 0.1) is 0 Å². The van der Waals surface area contributed by atoms with Crippen LogP contribution in [0.25, 0.3) is 0 Å². The van der Waals surface area contributed by atoms with E-state index in [1.54, 1.807) is 0 Å². The fourth-order valence-electron chi connectivity index (χ4n) is 3.86. The van der Waals surface area contributed by atoms with Crippen LogP contribution in [-0.4, -0.2) is 19.8 Å². The van der Waals surface area contributed by atoms with Gasteiger partial charge in [0.15, 0.2) is 11.5 Å². The van der Waals surface area contributed by atoms with Crippen molar-refractivity contribution in [1.29, 1.82) is 0 Å². The lowest BCUT2D eigenvalue weighted by Gasteiger charge is -2.32. The summed E-state index contributed by atoms with van der Waals surface area (Å²) in [6.07, 6.45) is 6.50. The molecule has 1 aliphatic carbocycles. The summed E-state index contributed by atoms with van der Waals surface area (Å²) < 4.78 is 11.8. The molecule has 0 amide bonds. The Hall–Kier alpha value is -0.930. The zero-order chi connectivity index (χ0) is 14.9. The molecule has 0 bridgehead atoms. The third-order valence-corrected chi connectivity index (χ3v) is 5.22. The summed E-state index contributed by atoms with van der Waals surface area (Å²) >= 11 is 6.66. The fourth-order valence-corrected chi connectivity index (χ4v) is 4.27. The minimum absolute atomic E-state index is 0.0210. The number of halogens is 1. The smallest absolute Gasteiger partial charge is 0.164 e. The van der Waals surface area contributed by atoms with Gasteiger partial charge in [0.2, 0.25) is 0 Å². The van der Waals surface area contributed by atoms with E-state index in [0.29, 0.717) is 19.8 Å². The number of fused-ring (bicyclic) bond motifs is 1. The van der Waals surface area contributed by atoms with Crippen molar-refractivity contribution in [2.24, 2.45) is 5.73 Å². The predicted octanol–water partition coefficient (Wildman–Crippen LogP) is 3.83. The molecule has 1 saturated carbocycles. The Morgan fingerprint density at radius 2 is 1.90 bits per heavy atom. The first-order chi connectivity index (χ1) is 10.2. The molecule has 0 aromatic heterocycles. The van der Waals surface area contributed by atoms with Gasteiger partial charge in [0.1, 0.15) is 0 Å². The van der Waals surface area contributed by atoms with E-state index in [0.717, 1.165) is 42.2 Å². The van der Waals surface area contributed by atoms with Gasteiger partial charge in [-0.2, -0.15) is 0 Å². The van der Waals surface area contributed by atoms with E-state index in [4.69, 9.17) is 26.8 Å². The van der Waals surface area contributed by atoms with Crippen molar-refractivity contribution in [1.82, 2.24) is 0 Å². The fraction of sp³-hybridized carbons (Fsp3) is 0.647. The summed E-state index contributed by atoms with van der Waals surface area (Å²) in [5, 5.41) is 0.795. The van der Waals surface area contributed by atoms with Gasteiger partial charge in [-0.25, -0.2) is 0 Å². The molecule has 0 atom stereocenters. The normalized spacial score (nSPS) is 20.3. The van der Waals surface area contributed by atoms with Crippen molar-refractivity contribution < 1.29 is 9.47 Å². The number of ether oxygens (including phenoxy) is 2. The summed E-state index contributed by atoms with van der Waals surface area (Å²) in [5.41, 5.74) is 8.61. The van der Waals surface area contributed by atoms with Crippen LogP contribution < -0.4 is 15.2 Å². The SMILES string of the molecule is CCc1c2c(cc(Cl)c1C1(CN)CCCC1)OCCCO2. The van der Waals surface area contributed by atoms with E-state index in [2.05, 4.69) is 6.92 Å². The zero-order valence-electron chi connectivity index (χ0n) is 12.7. The third-order valence-electron chi connectivity index (χ3n) is 4.92. The Kier molecular flexibility index (Phi) is 4.32. The van der Waals surface area contributed by atoms with Crippen LogP contribution in [0.1, 0.15) is 50.2 Å². The Morgan fingerprint density at radius 1 is 1.19 bits per heavy atom. The van der Waals surface area contributed by atoms with Gasteiger partial charge in [-0.15, -0.1) is 0 Å². The molecule has 2 N–H and O–H groups in total. The Balaban J connectivity index is 2.18. The average Bonchev–Trinajstić information content (AvgIpc) is 2.86. The van der Waals surface area contributed by atoms with Crippen LogP contribution in [0.4, 0.5) is 0 Å². The molecule has 3 rings (SSSR count). The number of rotatable bonds is 3. The molecule has 0 spiro atoms. The highest BCUT2D eigenvalue weighted by molar-refractivity contribution is 6.31. The minimum Gasteiger partial charge on any atom is -0.489 e. The van der Waals surface area contributed by atoms with Crippen molar-refractivity contribution in [3.05, 3.63) is 22.2 Å². The first-order valence-corrected chi connectivity index (χ1v) is 8.41. The lowest BCUT2D eigenvalue weighted by atomic mass is 9.76. The molecule has 0 radical (unpaired) electrons. The van der Waals surface area contributed by atoms with Gasteiger partial charge in [0.25, 0.3) is 0 Å². The molecule has 2 aliphatic rings. The number of hydrogen-bond donors (Lipinski definition) is 1. The molecular formula is C17H24ClNO2. The monoisotopic (exact) mass is 309 g/mol. The summed E-state index contributed by atoms with van der Waals surface area (Å²) in [4.78, 5) is 0. The van der Waals surface area contributed by atoms with Crippen molar-refractivity contribution in [3.8, 4) is 11.5 Å². The van der Waals surface area contributed by atoms with E-state index in [-0.39, 0.29) is 5.41 Å². The number of benzene rings is 1. The van der Waals surface area contributed by atoms with Gasteiger partial charge < -0.3 is 15.2 Å². The molecule has 0 saturated heterocycles. The zero-order valence-corrected chi connectivity index (χ0v) is 13.5. The molecule has 1 aromatic carbocycles. The van der Waals surface area contributed by atoms with Gasteiger partial charge in [0.05, 0.1) is 13.2 Å². The van der Waals surface area contributed by atoms with Crippen LogP contribution in [0.15, 0.2) is 6.07 Å². The number of nitrogens with two attached hydrogens (primary N) is 1. The van der Waals surface area contributed by atoms with Gasteiger partial charge >= 0.3 is 0 Å². The molecule has 21 heavy (non-hydrogen) atoms. The molecule has 1 aromatic rings. The largest absolute Gasteiger partial charge is 0.489 e. The highest BCUT2D eigenvalue weighted by Gasteiger charge is 2.39.